The van der Waals surface area contributed by atoms with E-state index in [0.29, 0.717) is 29.5 Å². The van der Waals surface area contributed by atoms with Crippen LogP contribution in [-0.4, -0.2) is 35.6 Å². The molecule has 1 aliphatic heterocycles. The summed E-state index contributed by atoms with van der Waals surface area (Å²) in [4.78, 5) is 14.4. The molecule has 1 fully saturated rings. The first-order chi connectivity index (χ1) is 12.1. The summed E-state index contributed by atoms with van der Waals surface area (Å²) >= 11 is 0. The van der Waals surface area contributed by atoms with Crippen molar-refractivity contribution in [1.82, 2.24) is 15.4 Å². The number of aromatic nitrogens is 1. The highest BCUT2D eigenvalue weighted by Gasteiger charge is 2.19. The van der Waals surface area contributed by atoms with Crippen LogP contribution in [0.25, 0.3) is 11.3 Å². The summed E-state index contributed by atoms with van der Waals surface area (Å²) in [7, 11) is 2.13. The molecule has 6 heteroatoms. The second-order valence-electron chi connectivity index (χ2n) is 6.60. The minimum Gasteiger partial charge on any atom is -0.359 e. The van der Waals surface area contributed by atoms with Gasteiger partial charge in [-0.2, -0.15) is 0 Å². The molecule has 2 heterocycles. The van der Waals surface area contributed by atoms with Gasteiger partial charge in [-0.3, -0.25) is 4.79 Å². The molecule has 1 aromatic heterocycles. The molecule has 1 aliphatic rings. The highest BCUT2D eigenvalue weighted by atomic mass is 19.1. The normalized spacial score (nSPS) is 18.2. The van der Waals surface area contributed by atoms with E-state index in [-0.39, 0.29) is 18.3 Å². The lowest BCUT2D eigenvalue weighted by Crippen LogP contribution is -2.37. The van der Waals surface area contributed by atoms with Crippen LogP contribution in [0.4, 0.5) is 4.39 Å². The number of hydrogen-bond acceptors (Lipinski definition) is 4. The number of halogens is 1. The molecule has 3 rings (SSSR count). The lowest BCUT2D eigenvalue weighted by Gasteiger charge is -2.32. The molecular weight excluding hydrogens is 321 g/mol. The van der Waals surface area contributed by atoms with E-state index in [1.807, 2.05) is 0 Å². The minimum absolute atomic E-state index is 0.00261. The third kappa shape index (κ3) is 4.66. The summed E-state index contributed by atoms with van der Waals surface area (Å²) < 4.78 is 18.9. The molecule has 2 aromatic rings. The van der Waals surface area contributed by atoms with Gasteiger partial charge in [-0.1, -0.05) is 23.7 Å². The van der Waals surface area contributed by atoms with Crippen molar-refractivity contribution < 1.29 is 13.7 Å². The molecule has 134 valence electrons. The van der Waals surface area contributed by atoms with E-state index in [2.05, 4.69) is 22.4 Å². The van der Waals surface area contributed by atoms with Gasteiger partial charge < -0.3 is 14.7 Å². The molecule has 0 spiro atoms. The van der Waals surface area contributed by atoms with E-state index in [9.17, 15) is 9.18 Å². The molecule has 0 aliphatic carbocycles. The van der Waals surface area contributed by atoms with Gasteiger partial charge in [0, 0.05) is 24.1 Å². The maximum Gasteiger partial charge on any atom is 0.220 e. The van der Waals surface area contributed by atoms with Crippen LogP contribution < -0.4 is 5.32 Å². The maximum absolute atomic E-state index is 13.8. The summed E-state index contributed by atoms with van der Waals surface area (Å²) in [6, 6.07) is 8.57. The Balaban J connectivity index is 1.47. The minimum atomic E-state index is -0.344. The van der Waals surface area contributed by atoms with Crippen LogP contribution in [0.1, 0.15) is 37.9 Å². The lowest BCUT2D eigenvalue weighted by molar-refractivity contribution is -0.121. The predicted octanol–water partition coefficient (Wildman–Crippen LogP) is 3.36. The summed E-state index contributed by atoms with van der Waals surface area (Å²) in [5.41, 5.74) is 0.829. The van der Waals surface area contributed by atoms with Crippen molar-refractivity contribution in [2.45, 2.75) is 44.7 Å². The smallest absolute Gasteiger partial charge is 0.220 e. The van der Waals surface area contributed by atoms with Gasteiger partial charge in [-0.25, -0.2) is 4.39 Å². The molecule has 5 nitrogen and oxygen atoms in total. The average Bonchev–Trinajstić information content (AvgIpc) is 3.08. The Morgan fingerprint density at radius 1 is 1.40 bits per heavy atom. The highest BCUT2D eigenvalue weighted by Crippen LogP contribution is 2.22. The Labute approximate surface area is 147 Å². The standard InChI is InChI=1S/C19H24FN3O2/c1-23-11-5-4-6-14(23)9-10-19(24)21-13-15-12-18(22-25-15)16-7-2-3-8-17(16)20/h2-3,7-8,12,14H,4-6,9-11,13H2,1H3,(H,21,24). The first kappa shape index (κ1) is 17.6. The van der Waals surface area contributed by atoms with Gasteiger partial charge in [0.15, 0.2) is 5.76 Å². The highest BCUT2D eigenvalue weighted by molar-refractivity contribution is 5.75. The van der Waals surface area contributed by atoms with Gasteiger partial charge in [0.1, 0.15) is 11.5 Å². The quantitative estimate of drug-likeness (QED) is 0.872. The Morgan fingerprint density at radius 3 is 3.04 bits per heavy atom. The third-order valence-electron chi connectivity index (χ3n) is 4.79. The van der Waals surface area contributed by atoms with Crippen molar-refractivity contribution in [3.63, 3.8) is 0 Å². The zero-order valence-corrected chi connectivity index (χ0v) is 14.5. The SMILES string of the molecule is CN1CCCCC1CCC(=O)NCc1cc(-c2ccccc2F)no1. The molecule has 25 heavy (non-hydrogen) atoms. The van der Waals surface area contributed by atoms with E-state index in [0.717, 1.165) is 19.4 Å². The van der Waals surface area contributed by atoms with Crippen molar-refractivity contribution in [3.05, 3.63) is 41.9 Å². The lowest BCUT2D eigenvalue weighted by atomic mass is 9.98. The van der Waals surface area contributed by atoms with E-state index in [4.69, 9.17) is 4.52 Å². The molecule has 0 saturated carbocycles. The molecule has 0 radical (unpaired) electrons. The third-order valence-corrected chi connectivity index (χ3v) is 4.79. The summed E-state index contributed by atoms with van der Waals surface area (Å²) in [6.07, 6.45) is 5.03. The van der Waals surface area contributed by atoms with Crippen molar-refractivity contribution in [2.75, 3.05) is 13.6 Å². The fraction of sp³-hybridized carbons (Fsp3) is 0.474. The van der Waals surface area contributed by atoms with Crippen molar-refractivity contribution in [2.24, 2.45) is 0 Å². The monoisotopic (exact) mass is 345 g/mol. The topological polar surface area (TPSA) is 58.4 Å². The van der Waals surface area contributed by atoms with Crippen LogP contribution in [0.2, 0.25) is 0 Å². The fourth-order valence-corrected chi connectivity index (χ4v) is 3.27. The van der Waals surface area contributed by atoms with E-state index < -0.39 is 0 Å². The largest absolute Gasteiger partial charge is 0.359 e. The second kappa shape index (κ2) is 8.25. The Kier molecular flexibility index (Phi) is 5.81. The Morgan fingerprint density at radius 2 is 2.24 bits per heavy atom. The van der Waals surface area contributed by atoms with Gasteiger partial charge in [0.05, 0.1) is 6.54 Å². The Hall–Kier alpha value is -2.21. The Bertz CT molecular complexity index is 716. The molecule has 1 unspecified atom stereocenters. The van der Waals surface area contributed by atoms with Gasteiger partial charge in [-0.15, -0.1) is 0 Å². The number of carbonyl (C=O) groups is 1. The number of likely N-dealkylation sites (tertiary alicyclic amines) is 1. The van der Waals surface area contributed by atoms with Gasteiger partial charge in [0.2, 0.25) is 5.91 Å². The number of hydrogen-bond donors (Lipinski definition) is 1. The van der Waals surface area contributed by atoms with Crippen LogP contribution in [0, 0.1) is 5.82 Å². The number of benzene rings is 1. The summed E-state index contributed by atoms with van der Waals surface area (Å²) in [5.74, 6) is 0.173. The van der Waals surface area contributed by atoms with E-state index >= 15 is 0 Å². The first-order valence-corrected chi connectivity index (χ1v) is 8.81. The summed E-state index contributed by atoms with van der Waals surface area (Å²) in [6.45, 7) is 1.38. The van der Waals surface area contributed by atoms with E-state index in [1.54, 1.807) is 24.3 Å². The maximum atomic E-state index is 13.8. The number of piperidine rings is 1. The van der Waals surface area contributed by atoms with Gasteiger partial charge in [-0.05, 0) is 45.0 Å². The van der Waals surface area contributed by atoms with Gasteiger partial charge >= 0.3 is 0 Å². The van der Waals surface area contributed by atoms with Crippen LogP contribution in [0.15, 0.2) is 34.9 Å². The molecule has 1 saturated heterocycles. The zero-order chi connectivity index (χ0) is 17.6. The van der Waals surface area contributed by atoms with E-state index in [1.165, 1.54) is 18.9 Å². The van der Waals surface area contributed by atoms with Crippen LogP contribution in [-0.2, 0) is 11.3 Å². The molecule has 1 atom stereocenters. The number of nitrogens with one attached hydrogen (secondary N) is 1. The zero-order valence-electron chi connectivity index (χ0n) is 14.5. The van der Waals surface area contributed by atoms with Crippen LogP contribution in [0.3, 0.4) is 0 Å². The molecule has 1 N–H and O–H groups in total. The van der Waals surface area contributed by atoms with Crippen molar-refractivity contribution in [1.29, 1.82) is 0 Å². The van der Waals surface area contributed by atoms with Crippen molar-refractivity contribution >= 4 is 5.91 Å². The first-order valence-electron chi connectivity index (χ1n) is 8.81. The van der Waals surface area contributed by atoms with Gasteiger partial charge in [0.25, 0.3) is 0 Å². The average molecular weight is 345 g/mol. The number of rotatable bonds is 6. The molecule has 1 aromatic carbocycles. The van der Waals surface area contributed by atoms with Crippen LogP contribution in [0.5, 0.6) is 0 Å². The molecule has 0 bridgehead atoms. The molecule has 1 amide bonds. The number of amides is 1. The predicted molar refractivity (Wildman–Crippen MR) is 93.2 cm³/mol. The van der Waals surface area contributed by atoms with Crippen LogP contribution >= 0.6 is 0 Å². The number of carbonyl (C=O) groups excluding carboxylic acids is 1. The summed E-state index contributed by atoms with van der Waals surface area (Å²) in [5, 5.41) is 6.73. The second-order valence-corrected chi connectivity index (χ2v) is 6.60. The fourth-order valence-electron chi connectivity index (χ4n) is 3.27. The number of nitrogens with zero attached hydrogens (tertiary/aromatic N) is 2. The molecular formula is C19H24FN3O2. The van der Waals surface area contributed by atoms with Crippen molar-refractivity contribution in [3.8, 4) is 11.3 Å².